The second-order valence-electron chi connectivity index (χ2n) is 9.03. The Bertz CT molecular complexity index is 576. The molecule has 3 N–H and O–H groups in total. The predicted octanol–water partition coefficient (Wildman–Crippen LogP) is 5.42. The zero-order valence-corrected chi connectivity index (χ0v) is 22.9. The van der Waals surface area contributed by atoms with Gasteiger partial charge in [0.25, 0.3) is 0 Å². The zero-order valence-electron chi connectivity index (χ0n) is 22.0. The van der Waals surface area contributed by atoms with Crippen LogP contribution in [0.5, 0.6) is 0 Å². The molecule has 0 aromatic carbocycles. The number of ether oxygens (including phenoxy) is 1. The van der Waals surface area contributed by atoms with Gasteiger partial charge in [-0.15, -0.1) is 0 Å². The highest BCUT2D eigenvalue weighted by Crippen LogP contribution is 2.42. The highest BCUT2D eigenvalue weighted by molar-refractivity contribution is 7.47. The first-order chi connectivity index (χ1) is 16.8. The van der Waals surface area contributed by atoms with Gasteiger partial charge in [0.05, 0.1) is 13.2 Å². The molecule has 0 aliphatic carbocycles. The third-order valence-corrected chi connectivity index (χ3v) is 6.49. The van der Waals surface area contributed by atoms with Crippen molar-refractivity contribution in [3.05, 3.63) is 0 Å². The van der Waals surface area contributed by atoms with E-state index in [9.17, 15) is 24.2 Å². The molecule has 0 aliphatic rings. The lowest BCUT2D eigenvalue weighted by atomic mass is 10.0. The van der Waals surface area contributed by atoms with E-state index in [-0.39, 0.29) is 32.1 Å². The summed E-state index contributed by atoms with van der Waals surface area (Å²) in [6.45, 7) is 3.16. The van der Waals surface area contributed by atoms with E-state index >= 15 is 0 Å². The van der Waals surface area contributed by atoms with Gasteiger partial charge in [-0.1, -0.05) is 90.9 Å². The molecule has 0 fully saturated rings. The lowest BCUT2D eigenvalue weighted by Gasteiger charge is -2.15. The molecular formula is C25H50NO8P. The van der Waals surface area contributed by atoms with Crippen LogP contribution in [0.15, 0.2) is 0 Å². The first-order valence-corrected chi connectivity index (χ1v) is 15.0. The zero-order chi connectivity index (χ0) is 26.2. The van der Waals surface area contributed by atoms with E-state index in [4.69, 9.17) is 13.8 Å². The summed E-state index contributed by atoms with van der Waals surface area (Å²) in [5, 5.41) is 12.3. The molecule has 2 atom stereocenters. The largest absolute Gasteiger partial charge is 0.472 e. The smallest absolute Gasteiger partial charge is 0.463 e. The maximum absolute atomic E-state index is 11.8. The number of aliphatic hydroxyl groups is 1. The van der Waals surface area contributed by atoms with Crippen molar-refractivity contribution >= 4 is 19.7 Å². The van der Waals surface area contributed by atoms with Gasteiger partial charge in [0, 0.05) is 19.4 Å². The van der Waals surface area contributed by atoms with Crippen molar-refractivity contribution < 1.29 is 37.9 Å². The highest BCUT2D eigenvalue weighted by atomic mass is 31.2. The summed E-state index contributed by atoms with van der Waals surface area (Å²) in [7, 11) is -4.36. The van der Waals surface area contributed by atoms with Crippen LogP contribution < -0.4 is 5.32 Å². The van der Waals surface area contributed by atoms with Gasteiger partial charge in [0.15, 0.2) is 0 Å². The molecule has 1 amide bonds. The summed E-state index contributed by atoms with van der Waals surface area (Å²) in [5.74, 6) is -0.570. The van der Waals surface area contributed by atoms with Crippen molar-refractivity contribution in [3.8, 4) is 0 Å². The number of nitrogens with one attached hydrogen (secondary N) is 1. The topological polar surface area (TPSA) is 131 Å². The molecule has 0 heterocycles. The Morgan fingerprint density at radius 2 is 1.31 bits per heavy atom. The lowest BCUT2D eigenvalue weighted by Crippen LogP contribution is -2.27. The molecule has 0 saturated heterocycles. The average Bonchev–Trinajstić information content (AvgIpc) is 2.82. The van der Waals surface area contributed by atoms with E-state index in [2.05, 4.69) is 12.2 Å². The van der Waals surface area contributed by atoms with Gasteiger partial charge >= 0.3 is 13.8 Å². The maximum Gasteiger partial charge on any atom is 0.472 e. The fourth-order valence-corrected chi connectivity index (χ4v) is 4.24. The van der Waals surface area contributed by atoms with Crippen molar-refractivity contribution in [1.82, 2.24) is 5.32 Å². The summed E-state index contributed by atoms with van der Waals surface area (Å²) in [6, 6.07) is 0. The Kier molecular flexibility index (Phi) is 22.7. The minimum Gasteiger partial charge on any atom is -0.463 e. The molecule has 0 bridgehead atoms. The predicted molar refractivity (Wildman–Crippen MR) is 137 cm³/mol. The molecule has 208 valence electrons. The normalized spacial score (nSPS) is 13.8. The van der Waals surface area contributed by atoms with Crippen molar-refractivity contribution in [3.63, 3.8) is 0 Å². The quantitative estimate of drug-likeness (QED) is 0.0821. The SMILES string of the molecule is CCCCCCCCCCCCCCCC(=O)OCC(O)COP(=O)(O)OCCNC(=O)CCC. The summed E-state index contributed by atoms with van der Waals surface area (Å²) in [4.78, 5) is 32.7. The minimum atomic E-state index is -4.36. The van der Waals surface area contributed by atoms with E-state index in [0.717, 1.165) is 19.3 Å². The van der Waals surface area contributed by atoms with Gasteiger partial charge in [-0.25, -0.2) is 4.57 Å². The first-order valence-electron chi connectivity index (χ1n) is 13.5. The third-order valence-electron chi connectivity index (χ3n) is 5.51. The van der Waals surface area contributed by atoms with Gasteiger partial charge < -0.3 is 20.1 Å². The lowest BCUT2D eigenvalue weighted by molar-refractivity contribution is -0.147. The van der Waals surface area contributed by atoms with Crippen LogP contribution in [-0.2, 0) is 27.9 Å². The van der Waals surface area contributed by atoms with Crippen LogP contribution in [0.1, 0.15) is 117 Å². The first kappa shape index (κ1) is 34.0. The van der Waals surface area contributed by atoms with Crippen molar-refractivity contribution in [2.45, 2.75) is 123 Å². The van der Waals surface area contributed by atoms with Crippen LogP contribution in [0.2, 0.25) is 0 Å². The Morgan fingerprint density at radius 1 is 0.771 bits per heavy atom. The van der Waals surface area contributed by atoms with Crippen LogP contribution in [0.3, 0.4) is 0 Å². The number of amides is 1. The van der Waals surface area contributed by atoms with Crippen LogP contribution in [0.4, 0.5) is 0 Å². The molecule has 0 saturated carbocycles. The molecule has 0 aliphatic heterocycles. The Morgan fingerprint density at radius 3 is 1.86 bits per heavy atom. The number of hydrogen-bond donors (Lipinski definition) is 3. The fraction of sp³-hybridized carbons (Fsp3) is 0.920. The molecule has 2 unspecified atom stereocenters. The van der Waals surface area contributed by atoms with Crippen LogP contribution in [0, 0.1) is 0 Å². The number of phosphoric acid groups is 1. The highest BCUT2D eigenvalue weighted by Gasteiger charge is 2.23. The number of aliphatic hydroxyl groups excluding tert-OH is 1. The van der Waals surface area contributed by atoms with Gasteiger partial charge in [0.1, 0.15) is 12.7 Å². The Balaban J connectivity index is 3.59. The molecule has 0 rings (SSSR count). The van der Waals surface area contributed by atoms with Crippen LogP contribution in [0.25, 0.3) is 0 Å². The van der Waals surface area contributed by atoms with Gasteiger partial charge in [-0.05, 0) is 12.8 Å². The minimum absolute atomic E-state index is 0.0755. The van der Waals surface area contributed by atoms with Crippen molar-refractivity contribution in [2.75, 3.05) is 26.4 Å². The molecule has 0 spiro atoms. The average molecular weight is 524 g/mol. The standard InChI is InChI=1S/C25H50NO8P/c1-3-5-6-7-8-9-10-11-12-13-14-15-16-18-25(29)32-21-23(27)22-34-35(30,31)33-20-19-26-24(28)17-4-2/h23,27H,3-22H2,1-2H3,(H,26,28)(H,30,31). The second-order valence-corrected chi connectivity index (χ2v) is 10.5. The van der Waals surface area contributed by atoms with Gasteiger partial charge in [-0.3, -0.25) is 18.6 Å². The van der Waals surface area contributed by atoms with Crippen molar-refractivity contribution in [2.24, 2.45) is 0 Å². The summed E-state index contributed by atoms with van der Waals surface area (Å²) < 4.78 is 26.2. The molecule has 0 aromatic rings. The summed E-state index contributed by atoms with van der Waals surface area (Å²) in [5.41, 5.74) is 0. The monoisotopic (exact) mass is 523 g/mol. The van der Waals surface area contributed by atoms with E-state index in [0.29, 0.717) is 12.8 Å². The summed E-state index contributed by atoms with van der Waals surface area (Å²) in [6.07, 6.45) is 16.1. The van der Waals surface area contributed by atoms with Crippen LogP contribution >= 0.6 is 7.82 Å². The number of carbonyl (C=O) groups excluding carboxylic acids is 2. The van der Waals surface area contributed by atoms with Crippen LogP contribution in [-0.4, -0.2) is 54.3 Å². The molecule has 0 radical (unpaired) electrons. The van der Waals surface area contributed by atoms with Gasteiger partial charge in [-0.2, -0.15) is 0 Å². The molecule has 0 aromatic heterocycles. The Labute approximate surface area is 212 Å². The molecule has 35 heavy (non-hydrogen) atoms. The van der Waals surface area contributed by atoms with E-state index in [1.54, 1.807) is 0 Å². The van der Waals surface area contributed by atoms with Crippen molar-refractivity contribution in [1.29, 1.82) is 0 Å². The molecular weight excluding hydrogens is 473 g/mol. The summed E-state index contributed by atoms with van der Waals surface area (Å²) >= 11 is 0. The molecule has 9 nitrogen and oxygen atoms in total. The number of rotatable bonds is 25. The van der Waals surface area contributed by atoms with E-state index in [1.807, 2.05) is 6.92 Å². The van der Waals surface area contributed by atoms with E-state index < -0.39 is 26.5 Å². The number of esters is 1. The second kappa shape index (κ2) is 23.4. The number of carbonyl (C=O) groups is 2. The number of hydrogen-bond acceptors (Lipinski definition) is 7. The maximum atomic E-state index is 11.8. The Hall–Kier alpha value is -0.990. The fourth-order valence-electron chi connectivity index (χ4n) is 3.48. The number of unbranched alkanes of at least 4 members (excludes halogenated alkanes) is 12. The van der Waals surface area contributed by atoms with E-state index in [1.165, 1.54) is 64.2 Å². The third kappa shape index (κ3) is 24.5. The molecule has 10 heteroatoms. The van der Waals surface area contributed by atoms with Gasteiger partial charge in [0.2, 0.25) is 5.91 Å². The number of phosphoric ester groups is 1.